The first kappa shape index (κ1) is 11.6. The Morgan fingerprint density at radius 1 is 1.31 bits per heavy atom. The lowest BCUT2D eigenvalue weighted by Crippen LogP contribution is -2.26. The molecule has 0 saturated heterocycles. The fraction of sp³-hybridized carbons (Fsp3) is 0.833. The maximum absolute atomic E-state index is 6.34. The summed E-state index contributed by atoms with van der Waals surface area (Å²) < 4.78 is 2.14. The van der Waals surface area contributed by atoms with Crippen molar-refractivity contribution >= 4 is 0 Å². The molecule has 0 radical (unpaired) electrons. The quantitative estimate of drug-likeness (QED) is 0.853. The second kappa shape index (κ2) is 4.95. The lowest BCUT2D eigenvalue weighted by Gasteiger charge is -2.27. The summed E-state index contributed by atoms with van der Waals surface area (Å²) in [5.74, 6) is 2.55. The fourth-order valence-corrected chi connectivity index (χ4v) is 2.74. The second-order valence-corrected chi connectivity index (χ2v) is 4.77. The standard InChI is InChI=1S/C12H22N4/c1-3-16-9(2)14-15-12(16)11(13)10-7-5-4-6-8-10/h10-11H,3-8,13H2,1-2H3. The van der Waals surface area contributed by atoms with Crippen LogP contribution in [0.1, 0.15) is 56.7 Å². The zero-order valence-corrected chi connectivity index (χ0v) is 10.3. The van der Waals surface area contributed by atoms with Crippen molar-refractivity contribution in [3.05, 3.63) is 11.6 Å². The summed E-state index contributed by atoms with van der Waals surface area (Å²) in [7, 11) is 0. The SMILES string of the molecule is CCn1c(C)nnc1C(N)C1CCCCC1. The number of hydrogen-bond acceptors (Lipinski definition) is 3. The van der Waals surface area contributed by atoms with E-state index >= 15 is 0 Å². The summed E-state index contributed by atoms with van der Waals surface area (Å²) in [5.41, 5.74) is 6.34. The van der Waals surface area contributed by atoms with Crippen molar-refractivity contribution in [2.75, 3.05) is 0 Å². The van der Waals surface area contributed by atoms with E-state index in [-0.39, 0.29) is 6.04 Å². The molecule has 0 amide bonds. The van der Waals surface area contributed by atoms with Crippen molar-refractivity contribution < 1.29 is 0 Å². The highest BCUT2D eigenvalue weighted by Gasteiger charge is 2.25. The van der Waals surface area contributed by atoms with E-state index in [4.69, 9.17) is 5.73 Å². The lowest BCUT2D eigenvalue weighted by molar-refractivity contribution is 0.296. The van der Waals surface area contributed by atoms with Gasteiger partial charge in [-0.1, -0.05) is 19.3 Å². The van der Waals surface area contributed by atoms with Crippen LogP contribution < -0.4 is 5.73 Å². The normalized spacial score (nSPS) is 19.9. The molecule has 2 N–H and O–H groups in total. The average Bonchev–Trinajstić information content (AvgIpc) is 2.70. The highest BCUT2D eigenvalue weighted by molar-refractivity contribution is 5.01. The van der Waals surface area contributed by atoms with E-state index in [1.165, 1.54) is 32.1 Å². The van der Waals surface area contributed by atoms with Crippen LogP contribution in [0.2, 0.25) is 0 Å². The maximum Gasteiger partial charge on any atom is 0.150 e. The van der Waals surface area contributed by atoms with Crippen molar-refractivity contribution in [2.45, 2.75) is 58.5 Å². The van der Waals surface area contributed by atoms with Crippen LogP contribution in [-0.4, -0.2) is 14.8 Å². The Hall–Kier alpha value is -0.900. The van der Waals surface area contributed by atoms with Crippen LogP contribution in [-0.2, 0) is 6.54 Å². The molecule has 4 heteroatoms. The molecule has 0 aromatic carbocycles. The van der Waals surface area contributed by atoms with Gasteiger partial charge in [-0.15, -0.1) is 10.2 Å². The number of nitrogens with zero attached hydrogens (tertiary/aromatic N) is 3. The van der Waals surface area contributed by atoms with Crippen LogP contribution in [0.25, 0.3) is 0 Å². The van der Waals surface area contributed by atoms with Gasteiger partial charge in [0.15, 0.2) is 0 Å². The smallest absolute Gasteiger partial charge is 0.150 e. The predicted molar refractivity (Wildman–Crippen MR) is 63.9 cm³/mol. The van der Waals surface area contributed by atoms with E-state index in [1.807, 2.05) is 6.92 Å². The first-order chi connectivity index (χ1) is 7.74. The predicted octanol–water partition coefficient (Wildman–Crippen LogP) is 2.19. The second-order valence-electron chi connectivity index (χ2n) is 4.77. The Kier molecular flexibility index (Phi) is 3.59. The largest absolute Gasteiger partial charge is 0.321 e. The van der Waals surface area contributed by atoms with Crippen molar-refractivity contribution in [2.24, 2.45) is 11.7 Å². The van der Waals surface area contributed by atoms with Gasteiger partial charge in [0, 0.05) is 6.54 Å². The average molecular weight is 222 g/mol. The molecule has 16 heavy (non-hydrogen) atoms. The van der Waals surface area contributed by atoms with E-state index in [1.54, 1.807) is 0 Å². The molecule has 1 saturated carbocycles. The Morgan fingerprint density at radius 3 is 2.62 bits per heavy atom. The van der Waals surface area contributed by atoms with E-state index in [2.05, 4.69) is 21.7 Å². The van der Waals surface area contributed by atoms with Crippen LogP contribution in [0.5, 0.6) is 0 Å². The Bertz CT molecular complexity index is 339. The monoisotopic (exact) mass is 222 g/mol. The third-order valence-electron chi connectivity index (χ3n) is 3.74. The Balaban J connectivity index is 2.15. The van der Waals surface area contributed by atoms with Crippen LogP contribution in [0, 0.1) is 12.8 Å². The van der Waals surface area contributed by atoms with Gasteiger partial charge in [-0.3, -0.25) is 0 Å². The number of aromatic nitrogens is 3. The first-order valence-corrected chi connectivity index (χ1v) is 6.39. The van der Waals surface area contributed by atoms with Gasteiger partial charge in [0.2, 0.25) is 0 Å². The Labute approximate surface area is 97.2 Å². The van der Waals surface area contributed by atoms with Gasteiger partial charge in [0.25, 0.3) is 0 Å². The summed E-state index contributed by atoms with van der Waals surface area (Å²) in [6.07, 6.45) is 6.49. The van der Waals surface area contributed by atoms with Crippen LogP contribution >= 0.6 is 0 Å². The molecule has 1 unspecified atom stereocenters. The zero-order chi connectivity index (χ0) is 11.5. The maximum atomic E-state index is 6.34. The Morgan fingerprint density at radius 2 is 2.00 bits per heavy atom. The van der Waals surface area contributed by atoms with E-state index in [0.29, 0.717) is 5.92 Å². The van der Waals surface area contributed by atoms with Gasteiger partial charge < -0.3 is 10.3 Å². The fourth-order valence-electron chi connectivity index (χ4n) is 2.74. The van der Waals surface area contributed by atoms with E-state index < -0.39 is 0 Å². The van der Waals surface area contributed by atoms with Gasteiger partial charge in [0.1, 0.15) is 11.6 Å². The van der Waals surface area contributed by atoms with Crippen molar-refractivity contribution in [3.63, 3.8) is 0 Å². The molecule has 4 nitrogen and oxygen atoms in total. The van der Waals surface area contributed by atoms with Crippen LogP contribution in [0.4, 0.5) is 0 Å². The van der Waals surface area contributed by atoms with Gasteiger partial charge in [-0.25, -0.2) is 0 Å². The minimum Gasteiger partial charge on any atom is -0.321 e. The summed E-state index contributed by atoms with van der Waals surface area (Å²) in [6, 6.07) is 0.0708. The first-order valence-electron chi connectivity index (χ1n) is 6.39. The molecule has 1 aromatic rings. The molecule has 1 atom stereocenters. The molecule has 1 aliphatic carbocycles. The molecule has 0 aliphatic heterocycles. The lowest BCUT2D eigenvalue weighted by atomic mass is 9.84. The van der Waals surface area contributed by atoms with E-state index in [9.17, 15) is 0 Å². The van der Waals surface area contributed by atoms with Crippen molar-refractivity contribution in [1.82, 2.24) is 14.8 Å². The van der Waals surface area contributed by atoms with Crippen molar-refractivity contribution in [3.8, 4) is 0 Å². The third-order valence-corrected chi connectivity index (χ3v) is 3.74. The summed E-state index contributed by atoms with van der Waals surface area (Å²) in [5, 5.41) is 8.39. The molecule has 0 bridgehead atoms. The molecule has 1 heterocycles. The zero-order valence-electron chi connectivity index (χ0n) is 10.3. The van der Waals surface area contributed by atoms with Crippen LogP contribution in [0.3, 0.4) is 0 Å². The molecule has 2 rings (SSSR count). The highest BCUT2D eigenvalue weighted by Crippen LogP contribution is 2.32. The summed E-state index contributed by atoms with van der Waals surface area (Å²) in [6.45, 7) is 5.02. The molecular formula is C12H22N4. The number of hydrogen-bond donors (Lipinski definition) is 1. The molecule has 1 aromatic heterocycles. The number of nitrogens with two attached hydrogens (primary N) is 1. The molecule has 1 fully saturated rings. The van der Waals surface area contributed by atoms with Gasteiger partial charge in [-0.2, -0.15) is 0 Å². The van der Waals surface area contributed by atoms with Gasteiger partial charge >= 0.3 is 0 Å². The topological polar surface area (TPSA) is 56.7 Å². The van der Waals surface area contributed by atoms with Crippen molar-refractivity contribution in [1.29, 1.82) is 0 Å². The van der Waals surface area contributed by atoms with E-state index in [0.717, 1.165) is 18.2 Å². The molecule has 1 aliphatic rings. The van der Waals surface area contributed by atoms with Gasteiger partial charge in [0.05, 0.1) is 6.04 Å². The number of aryl methyl sites for hydroxylation is 1. The minimum atomic E-state index is 0.0708. The number of rotatable bonds is 3. The summed E-state index contributed by atoms with van der Waals surface area (Å²) in [4.78, 5) is 0. The van der Waals surface area contributed by atoms with Crippen LogP contribution in [0.15, 0.2) is 0 Å². The third kappa shape index (κ3) is 2.12. The molecule has 90 valence electrons. The minimum absolute atomic E-state index is 0.0708. The summed E-state index contributed by atoms with van der Waals surface area (Å²) >= 11 is 0. The molecular weight excluding hydrogens is 200 g/mol. The highest BCUT2D eigenvalue weighted by atomic mass is 15.3. The van der Waals surface area contributed by atoms with Gasteiger partial charge in [-0.05, 0) is 32.6 Å². The molecule has 0 spiro atoms.